The van der Waals surface area contributed by atoms with Crippen LogP contribution >= 0.6 is 0 Å². The van der Waals surface area contributed by atoms with E-state index in [2.05, 4.69) is 11.9 Å². The molecule has 1 aromatic heterocycles. The van der Waals surface area contributed by atoms with Crippen LogP contribution in [0.25, 0.3) is 0 Å². The van der Waals surface area contributed by atoms with Gasteiger partial charge in [0.25, 0.3) is 0 Å². The van der Waals surface area contributed by atoms with Crippen LogP contribution in [-0.4, -0.2) is 4.98 Å². The number of benzene rings is 1. The zero-order chi connectivity index (χ0) is 10.5. The molecule has 0 aliphatic heterocycles. The smallest absolute Gasteiger partial charge is 0.130 e. The second-order valence-electron chi connectivity index (χ2n) is 3.25. The van der Waals surface area contributed by atoms with Crippen molar-refractivity contribution in [1.29, 1.82) is 0 Å². The normalized spacial score (nSPS) is 9.93. The monoisotopic (exact) mass is 199 g/mol. The van der Waals surface area contributed by atoms with Crippen molar-refractivity contribution in [3.8, 4) is 11.5 Å². The number of nitrogens with zero attached hydrogens (tertiary/aromatic N) is 1. The van der Waals surface area contributed by atoms with Gasteiger partial charge in [0, 0.05) is 18.0 Å². The van der Waals surface area contributed by atoms with E-state index in [0.29, 0.717) is 0 Å². The summed E-state index contributed by atoms with van der Waals surface area (Å²) in [6.45, 7) is 2.08. The van der Waals surface area contributed by atoms with Crippen LogP contribution in [0.2, 0.25) is 0 Å². The summed E-state index contributed by atoms with van der Waals surface area (Å²) >= 11 is 0. The van der Waals surface area contributed by atoms with Crippen molar-refractivity contribution in [3.63, 3.8) is 0 Å². The highest BCUT2D eigenvalue weighted by molar-refractivity contribution is 5.30. The maximum absolute atomic E-state index is 5.68. The van der Waals surface area contributed by atoms with Crippen molar-refractivity contribution in [2.75, 3.05) is 0 Å². The number of hydrogen-bond donors (Lipinski definition) is 0. The Morgan fingerprint density at radius 2 is 1.87 bits per heavy atom. The molecule has 0 atom stereocenters. The fourth-order valence-electron chi connectivity index (χ4n) is 1.34. The minimum atomic E-state index is 0.841. The first-order chi connectivity index (χ1) is 7.38. The van der Waals surface area contributed by atoms with Gasteiger partial charge in [-0.1, -0.05) is 25.1 Å². The zero-order valence-electron chi connectivity index (χ0n) is 8.68. The number of hydrogen-bond acceptors (Lipinski definition) is 2. The zero-order valence-corrected chi connectivity index (χ0v) is 8.68. The largest absolute Gasteiger partial charge is 0.457 e. The fraction of sp³-hybridized carbons (Fsp3) is 0.154. The number of rotatable bonds is 3. The van der Waals surface area contributed by atoms with Crippen LogP contribution in [0.1, 0.15) is 12.6 Å². The Hall–Kier alpha value is -1.83. The lowest BCUT2D eigenvalue weighted by molar-refractivity contribution is 0.481. The highest BCUT2D eigenvalue weighted by Crippen LogP contribution is 2.20. The third kappa shape index (κ3) is 2.56. The lowest BCUT2D eigenvalue weighted by Crippen LogP contribution is -1.88. The van der Waals surface area contributed by atoms with Crippen LogP contribution in [0.3, 0.4) is 0 Å². The van der Waals surface area contributed by atoms with Gasteiger partial charge < -0.3 is 4.74 Å². The number of aryl methyl sites for hydroxylation is 1. The Kier molecular flexibility index (Phi) is 2.98. The van der Waals surface area contributed by atoms with Gasteiger partial charge in [0.1, 0.15) is 11.5 Å². The molecule has 2 heteroatoms. The summed E-state index contributed by atoms with van der Waals surface area (Å²) in [5, 5.41) is 0. The molecule has 0 aliphatic carbocycles. The first-order valence-corrected chi connectivity index (χ1v) is 5.06. The van der Waals surface area contributed by atoms with Crippen molar-refractivity contribution < 1.29 is 4.74 Å². The number of pyridine rings is 1. The fourth-order valence-corrected chi connectivity index (χ4v) is 1.34. The van der Waals surface area contributed by atoms with Crippen molar-refractivity contribution in [3.05, 3.63) is 54.4 Å². The summed E-state index contributed by atoms with van der Waals surface area (Å²) < 4.78 is 5.68. The number of aromatic nitrogens is 1. The maximum Gasteiger partial charge on any atom is 0.130 e. The maximum atomic E-state index is 5.68. The Bertz CT molecular complexity index is 426. The van der Waals surface area contributed by atoms with Crippen LogP contribution in [0.4, 0.5) is 0 Å². The van der Waals surface area contributed by atoms with Crippen LogP contribution in [0.15, 0.2) is 48.7 Å². The van der Waals surface area contributed by atoms with E-state index in [-0.39, 0.29) is 0 Å². The van der Waals surface area contributed by atoms with E-state index >= 15 is 0 Å². The van der Waals surface area contributed by atoms with Crippen molar-refractivity contribution >= 4 is 0 Å². The Morgan fingerprint density at radius 3 is 2.60 bits per heavy atom. The van der Waals surface area contributed by atoms with E-state index in [4.69, 9.17) is 4.74 Å². The first-order valence-electron chi connectivity index (χ1n) is 5.06. The molecule has 76 valence electrons. The van der Waals surface area contributed by atoms with Gasteiger partial charge >= 0.3 is 0 Å². The third-order valence-corrected chi connectivity index (χ3v) is 2.13. The average Bonchev–Trinajstić information content (AvgIpc) is 2.31. The second-order valence-corrected chi connectivity index (χ2v) is 3.25. The molecule has 0 saturated heterocycles. The molecule has 1 aromatic carbocycles. The minimum Gasteiger partial charge on any atom is -0.457 e. The Morgan fingerprint density at radius 1 is 1.07 bits per heavy atom. The molecule has 15 heavy (non-hydrogen) atoms. The van der Waals surface area contributed by atoms with Gasteiger partial charge in [-0.15, -0.1) is 0 Å². The third-order valence-electron chi connectivity index (χ3n) is 2.13. The quantitative estimate of drug-likeness (QED) is 0.755. The van der Waals surface area contributed by atoms with Crippen LogP contribution in [0, 0.1) is 0 Å². The summed E-state index contributed by atoms with van der Waals surface area (Å²) in [4.78, 5) is 4.22. The molecule has 0 radical (unpaired) electrons. The van der Waals surface area contributed by atoms with Gasteiger partial charge in [0.15, 0.2) is 0 Å². The molecule has 2 rings (SSSR count). The summed E-state index contributed by atoms with van der Waals surface area (Å²) in [5.74, 6) is 1.69. The molecule has 0 aliphatic rings. The van der Waals surface area contributed by atoms with E-state index in [9.17, 15) is 0 Å². The summed E-state index contributed by atoms with van der Waals surface area (Å²) in [7, 11) is 0. The lowest BCUT2D eigenvalue weighted by Gasteiger charge is -2.05. The van der Waals surface area contributed by atoms with E-state index in [0.717, 1.165) is 23.6 Å². The summed E-state index contributed by atoms with van der Waals surface area (Å²) in [6.07, 6.45) is 2.70. The van der Waals surface area contributed by atoms with E-state index in [1.807, 2.05) is 42.5 Å². The topological polar surface area (TPSA) is 22.1 Å². The van der Waals surface area contributed by atoms with Crippen molar-refractivity contribution in [2.24, 2.45) is 0 Å². The standard InChI is InChI=1S/C13H13NO/c1-2-11-10-13(8-9-14-11)15-12-6-4-3-5-7-12/h3-10H,2H2,1H3. The summed E-state index contributed by atoms with van der Waals surface area (Å²) in [6, 6.07) is 13.6. The van der Waals surface area contributed by atoms with E-state index < -0.39 is 0 Å². The molecule has 2 nitrogen and oxygen atoms in total. The van der Waals surface area contributed by atoms with Gasteiger partial charge in [-0.05, 0) is 24.6 Å². The molecule has 0 spiro atoms. The predicted molar refractivity (Wildman–Crippen MR) is 60.1 cm³/mol. The highest BCUT2D eigenvalue weighted by atomic mass is 16.5. The summed E-state index contributed by atoms with van der Waals surface area (Å²) in [5.41, 5.74) is 1.04. The van der Waals surface area contributed by atoms with Gasteiger partial charge in [0.05, 0.1) is 0 Å². The molecule has 0 saturated carbocycles. The number of para-hydroxylation sites is 1. The predicted octanol–water partition coefficient (Wildman–Crippen LogP) is 3.44. The molecule has 0 N–H and O–H groups in total. The first kappa shape index (κ1) is 9.71. The average molecular weight is 199 g/mol. The van der Waals surface area contributed by atoms with Gasteiger partial charge in [-0.25, -0.2) is 0 Å². The molecule has 0 bridgehead atoms. The molecule has 2 aromatic rings. The Labute approximate surface area is 89.6 Å². The van der Waals surface area contributed by atoms with Gasteiger partial charge in [-0.2, -0.15) is 0 Å². The minimum absolute atomic E-state index is 0.841. The molecular formula is C13H13NO. The molecule has 0 fully saturated rings. The van der Waals surface area contributed by atoms with Crippen LogP contribution < -0.4 is 4.74 Å². The van der Waals surface area contributed by atoms with Crippen LogP contribution in [-0.2, 0) is 6.42 Å². The van der Waals surface area contributed by atoms with Crippen molar-refractivity contribution in [1.82, 2.24) is 4.98 Å². The lowest BCUT2D eigenvalue weighted by atomic mass is 10.3. The van der Waals surface area contributed by atoms with Crippen LogP contribution in [0.5, 0.6) is 11.5 Å². The SMILES string of the molecule is CCc1cc(Oc2ccccc2)ccn1. The second kappa shape index (κ2) is 4.60. The van der Waals surface area contributed by atoms with Gasteiger partial charge in [0.2, 0.25) is 0 Å². The molecule has 1 heterocycles. The Balaban J connectivity index is 2.17. The molecule has 0 unspecified atom stereocenters. The van der Waals surface area contributed by atoms with Crippen molar-refractivity contribution in [2.45, 2.75) is 13.3 Å². The van der Waals surface area contributed by atoms with Gasteiger partial charge in [-0.3, -0.25) is 4.98 Å². The number of ether oxygens (including phenoxy) is 1. The van der Waals surface area contributed by atoms with E-state index in [1.165, 1.54) is 0 Å². The molecule has 0 amide bonds. The molecular weight excluding hydrogens is 186 g/mol. The van der Waals surface area contributed by atoms with E-state index in [1.54, 1.807) is 6.20 Å². The highest BCUT2D eigenvalue weighted by Gasteiger charge is 1.97.